The molecule has 0 atom stereocenters. The molecule has 0 spiro atoms. The first-order valence-electron chi connectivity index (χ1n) is 15.0. The number of esters is 1. The van der Waals surface area contributed by atoms with Gasteiger partial charge >= 0.3 is 24.8 Å². The monoisotopic (exact) mass is 543 g/mol. The number of fused-ring (bicyclic) bond motifs is 2. The summed E-state index contributed by atoms with van der Waals surface area (Å²) in [6.45, 7) is 4.60. The van der Waals surface area contributed by atoms with Crippen molar-refractivity contribution in [3.05, 3.63) is 58.2 Å². The molecule has 215 valence electrons. The zero-order chi connectivity index (χ0) is 26.8. The molecule has 0 unspecified atom stereocenters. The Balaban J connectivity index is 0.000000632. The Morgan fingerprint density at radius 2 is 1.35 bits per heavy atom. The second-order valence-corrected chi connectivity index (χ2v) is 10.4. The average Bonchev–Trinajstić information content (AvgIpc) is 3.54. The van der Waals surface area contributed by atoms with E-state index in [1.165, 1.54) is 79.6 Å². The van der Waals surface area contributed by atoms with Crippen molar-refractivity contribution in [3.8, 4) is 0 Å². The van der Waals surface area contributed by atoms with Crippen LogP contribution in [0.2, 0.25) is 0 Å². The Morgan fingerprint density at radius 3 is 1.82 bits per heavy atom. The number of carbonyl (C=O) groups excluding carboxylic acids is 1. The number of carbonyl (C=O) groups is 1. The van der Waals surface area contributed by atoms with E-state index in [0.29, 0.717) is 19.6 Å². The Kier molecular flexibility index (Phi) is 20.0. The zero-order valence-electron chi connectivity index (χ0n) is 26.1. The van der Waals surface area contributed by atoms with Crippen LogP contribution in [0.1, 0.15) is 106 Å². The molecular formula is C32H49BLiN2O4. The minimum atomic E-state index is -0.101. The van der Waals surface area contributed by atoms with Gasteiger partial charge < -0.3 is 16.0 Å². The van der Waals surface area contributed by atoms with Gasteiger partial charge in [0.1, 0.15) is 0 Å². The van der Waals surface area contributed by atoms with E-state index in [9.17, 15) is 4.79 Å². The van der Waals surface area contributed by atoms with Crippen molar-refractivity contribution in [3.63, 3.8) is 0 Å². The molecule has 6 nitrogen and oxygen atoms in total. The van der Waals surface area contributed by atoms with E-state index in [0.717, 1.165) is 63.9 Å². The maximum absolute atomic E-state index is 11.2. The normalized spacial score (nSPS) is 14.9. The summed E-state index contributed by atoms with van der Waals surface area (Å²) in [5, 5.41) is 8.72. The van der Waals surface area contributed by atoms with Gasteiger partial charge in [0.15, 0.2) is 0 Å². The first-order chi connectivity index (χ1) is 18.7. The summed E-state index contributed by atoms with van der Waals surface area (Å²) >= 11 is 0. The second kappa shape index (κ2) is 22.0. The van der Waals surface area contributed by atoms with Crippen LogP contribution >= 0.6 is 0 Å². The van der Waals surface area contributed by atoms with Gasteiger partial charge in [-0.3, -0.25) is 14.8 Å². The Bertz CT molecular complexity index is 971. The van der Waals surface area contributed by atoms with Crippen molar-refractivity contribution in [2.75, 3.05) is 26.4 Å². The van der Waals surface area contributed by atoms with Gasteiger partial charge in [-0.1, -0.05) is 12.1 Å². The smallest absolute Gasteiger partial charge is 1.00 e. The van der Waals surface area contributed by atoms with Crippen LogP contribution in [0.25, 0.3) is 0 Å². The van der Waals surface area contributed by atoms with E-state index in [1.807, 2.05) is 6.92 Å². The van der Waals surface area contributed by atoms with E-state index in [2.05, 4.69) is 24.3 Å². The number of nitrogens with zero attached hydrogens (tertiary/aromatic N) is 2. The average molecular weight is 544 g/mol. The third-order valence-electron chi connectivity index (χ3n) is 7.26. The van der Waals surface area contributed by atoms with Crippen molar-refractivity contribution < 1.29 is 39.7 Å². The molecule has 5 rings (SSSR count). The molecule has 8 heteroatoms. The van der Waals surface area contributed by atoms with E-state index in [1.54, 1.807) is 0 Å². The molecule has 0 bridgehead atoms. The molecule has 40 heavy (non-hydrogen) atoms. The number of unbranched alkanes of at least 4 members (excludes halogenated alkanes) is 1. The van der Waals surface area contributed by atoms with Gasteiger partial charge in [-0.15, -0.1) is 0 Å². The van der Waals surface area contributed by atoms with Crippen LogP contribution in [-0.2, 0) is 52.8 Å². The molecular weight excluding hydrogens is 494 g/mol. The molecule has 3 heterocycles. The van der Waals surface area contributed by atoms with Crippen LogP contribution in [-0.4, -0.2) is 55.9 Å². The molecule has 1 fully saturated rings. The molecule has 1 aliphatic heterocycles. The van der Waals surface area contributed by atoms with Gasteiger partial charge in [0.25, 0.3) is 0 Å². The minimum Gasteiger partial charge on any atom is -1.00 e. The summed E-state index contributed by atoms with van der Waals surface area (Å²) in [5.74, 6) is -0.101. The fourth-order valence-electron chi connectivity index (χ4n) is 5.11. The SMILES string of the molecule is C1CCOC1.CCOC(=O)CCCc1ccc2c(n1)CCCC2.OCCCCc1ccc2c(n1)CCCC2.[B].[H-].[Li+]. The molecule has 1 saturated heterocycles. The summed E-state index contributed by atoms with van der Waals surface area (Å²) < 4.78 is 9.86. The number of aryl methyl sites for hydroxylation is 6. The van der Waals surface area contributed by atoms with E-state index in [4.69, 9.17) is 24.5 Å². The maximum atomic E-state index is 11.2. The molecule has 1 N–H and O–H groups in total. The molecule has 0 aromatic carbocycles. The number of aliphatic hydroxyl groups excluding tert-OH is 1. The molecule has 3 radical (unpaired) electrons. The number of aliphatic hydroxyl groups is 1. The fraction of sp³-hybridized carbons (Fsp3) is 0.656. The van der Waals surface area contributed by atoms with Gasteiger partial charge in [0.2, 0.25) is 0 Å². The standard InChI is InChI=1S/C15H21NO2.C13H19NO.C4H8O.B.Li.H/c1-2-18-15(17)9-5-7-13-11-10-12-6-3-4-8-14(12)16-13;15-10-4-3-6-12-9-8-11-5-1-2-7-13(11)14-12;1-2-4-5-3-1;;;/h10-11H,2-9H2,1H3;8-9,15H,1-7,10H2;1-4H2;;;/q;;;;+1;-1. The van der Waals surface area contributed by atoms with E-state index < -0.39 is 0 Å². The minimum absolute atomic E-state index is 0. The molecule has 0 amide bonds. The van der Waals surface area contributed by atoms with Crippen LogP contribution in [0.5, 0.6) is 0 Å². The van der Waals surface area contributed by atoms with Gasteiger partial charge in [0, 0.05) is 57.4 Å². The van der Waals surface area contributed by atoms with Gasteiger partial charge in [-0.2, -0.15) is 0 Å². The maximum Gasteiger partial charge on any atom is 1.00 e. The summed E-state index contributed by atoms with van der Waals surface area (Å²) in [6, 6.07) is 8.72. The number of hydrogen-bond acceptors (Lipinski definition) is 6. The number of ether oxygens (including phenoxy) is 2. The van der Waals surface area contributed by atoms with Gasteiger partial charge in [-0.25, -0.2) is 0 Å². The number of rotatable bonds is 9. The van der Waals surface area contributed by atoms with Crippen LogP contribution in [0.15, 0.2) is 24.3 Å². The van der Waals surface area contributed by atoms with Gasteiger partial charge in [0.05, 0.1) is 6.61 Å². The molecule has 2 aliphatic carbocycles. The predicted octanol–water partition coefficient (Wildman–Crippen LogP) is 2.65. The Hall–Kier alpha value is -1.65. The largest absolute Gasteiger partial charge is 1.00 e. The number of aromatic nitrogens is 2. The van der Waals surface area contributed by atoms with E-state index >= 15 is 0 Å². The summed E-state index contributed by atoms with van der Waals surface area (Å²) in [7, 11) is 0. The fourth-order valence-corrected chi connectivity index (χ4v) is 5.11. The van der Waals surface area contributed by atoms with Crippen LogP contribution in [0.3, 0.4) is 0 Å². The van der Waals surface area contributed by atoms with Crippen molar-refractivity contribution in [2.24, 2.45) is 0 Å². The van der Waals surface area contributed by atoms with Crippen LogP contribution in [0, 0.1) is 0 Å². The van der Waals surface area contributed by atoms with Crippen LogP contribution in [0.4, 0.5) is 0 Å². The molecule has 2 aromatic heterocycles. The van der Waals surface area contributed by atoms with Crippen molar-refractivity contribution >= 4 is 14.4 Å². The quantitative estimate of drug-likeness (QED) is 0.298. The molecule has 2 aromatic rings. The van der Waals surface area contributed by atoms with Crippen molar-refractivity contribution in [2.45, 2.75) is 110 Å². The zero-order valence-corrected chi connectivity index (χ0v) is 25.1. The Morgan fingerprint density at radius 1 is 0.825 bits per heavy atom. The molecule has 3 aliphatic rings. The third kappa shape index (κ3) is 13.8. The van der Waals surface area contributed by atoms with Crippen molar-refractivity contribution in [1.82, 2.24) is 9.97 Å². The van der Waals surface area contributed by atoms with Crippen LogP contribution < -0.4 is 18.9 Å². The second-order valence-electron chi connectivity index (χ2n) is 10.4. The predicted molar refractivity (Wildman–Crippen MR) is 158 cm³/mol. The number of pyridine rings is 2. The van der Waals surface area contributed by atoms with E-state index in [-0.39, 0.29) is 34.7 Å². The summed E-state index contributed by atoms with van der Waals surface area (Å²) in [6.07, 6.45) is 17.5. The topological polar surface area (TPSA) is 81.5 Å². The first-order valence-corrected chi connectivity index (χ1v) is 15.0. The Labute approximate surface area is 257 Å². The van der Waals surface area contributed by atoms with Gasteiger partial charge in [-0.05, 0) is 126 Å². The number of hydrogen-bond donors (Lipinski definition) is 1. The first kappa shape index (κ1) is 36.4. The summed E-state index contributed by atoms with van der Waals surface area (Å²) in [4.78, 5) is 20.6. The van der Waals surface area contributed by atoms with Crippen molar-refractivity contribution in [1.29, 1.82) is 0 Å². The summed E-state index contributed by atoms with van der Waals surface area (Å²) in [5.41, 5.74) is 7.77. The third-order valence-corrected chi connectivity index (χ3v) is 7.26. The molecule has 0 saturated carbocycles.